The molecule has 9 nitrogen and oxygen atoms in total. The van der Waals surface area contributed by atoms with E-state index in [-0.39, 0.29) is 17.2 Å². The number of aryl methyl sites for hydroxylation is 1. The minimum absolute atomic E-state index is 0.110. The van der Waals surface area contributed by atoms with Gasteiger partial charge in [-0.1, -0.05) is 24.9 Å². The Morgan fingerprint density at radius 2 is 1.89 bits per heavy atom. The lowest BCUT2D eigenvalue weighted by Crippen LogP contribution is -2.34. The van der Waals surface area contributed by atoms with Gasteiger partial charge in [-0.2, -0.15) is 4.98 Å². The van der Waals surface area contributed by atoms with Crippen LogP contribution in [0, 0.1) is 5.92 Å². The first-order valence-electron chi connectivity index (χ1n) is 12.4. The zero-order valence-corrected chi connectivity index (χ0v) is 21.6. The normalized spacial score (nSPS) is 18.8. The number of pyridine rings is 1. The van der Waals surface area contributed by atoms with Crippen molar-refractivity contribution in [1.82, 2.24) is 19.4 Å². The van der Waals surface area contributed by atoms with Gasteiger partial charge in [0.1, 0.15) is 5.02 Å². The summed E-state index contributed by atoms with van der Waals surface area (Å²) in [4.78, 5) is 38.1. The second kappa shape index (κ2) is 9.97. The molecule has 3 aromatic rings. The molecule has 2 saturated heterocycles. The number of halogens is 1. The number of nitrogens with one attached hydrogen (secondary N) is 1. The van der Waals surface area contributed by atoms with Crippen LogP contribution in [-0.2, 0) is 11.8 Å². The number of fused-ring (bicyclic) bond motifs is 1. The van der Waals surface area contributed by atoms with Crippen LogP contribution in [-0.4, -0.2) is 58.1 Å². The molecule has 2 fully saturated rings. The van der Waals surface area contributed by atoms with Crippen LogP contribution in [0.25, 0.3) is 10.9 Å². The van der Waals surface area contributed by atoms with Crippen molar-refractivity contribution in [2.75, 3.05) is 36.9 Å². The van der Waals surface area contributed by atoms with Gasteiger partial charge in [-0.15, -0.1) is 0 Å². The van der Waals surface area contributed by atoms with E-state index in [9.17, 15) is 9.59 Å². The Morgan fingerprint density at radius 1 is 1.11 bits per heavy atom. The van der Waals surface area contributed by atoms with Crippen LogP contribution >= 0.6 is 11.6 Å². The van der Waals surface area contributed by atoms with E-state index < -0.39 is 6.10 Å². The average molecular weight is 511 g/mol. The van der Waals surface area contributed by atoms with Crippen LogP contribution in [0.1, 0.15) is 32.6 Å². The highest BCUT2D eigenvalue weighted by Crippen LogP contribution is 2.29. The molecule has 1 atom stereocenters. The molecule has 1 aromatic carbocycles. The predicted octanol–water partition coefficient (Wildman–Crippen LogP) is 3.96. The molecule has 0 aliphatic carbocycles. The standard InChI is InChI=1S/C26H31ClN6O3/c1-4-16-7-11-33(12-8-16)26-28-15-19(27)23(30-26)29-18-5-6-20-17(13-18)14-22(25(35)32(20)3)36-21-9-10-31(2)24(21)34/h5-6,13-16,21H,4,7-12H2,1-3H3,(H,28,29,30)/t21-/m0/s1. The quantitative estimate of drug-likeness (QED) is 0.536. The van der Waals surface area contributed by atoms with Crippen molar-refractivity contribution in [3.05, 3.63) is 45.8 Å². The molecule has 0 saturated carbocycles. The zero-order valence-electron chi connectivity index (χ0n) is 20.8. The number of carbonyl (C=O) groups is 1. The molecular formula is C26H31ClN6O3. The third kappa shape index (κ3) is 4.72. The number of aromatic nitrogens is 3. The number of rotatable bonds is 6. The SMILES string of the molecule is CCC1CCN(c2ncc(Cl)c(Nc3ccc4c(c3)cc(O[C@H]3CCN(C)C3=O)c(=O)n4C)n2)CC1. The molecule has 190 valence electrons. The average Bonchev–Trinajstić information content (AvgIpc) is 3.20. The lowest BCUT2D eigenvalue weighted by atomic mass is 9.95. The Bertz CT molecular complexity index is 1350. The van der Waals surface area contributed by atoms with E-state index >= 15 is 0 Å². The number of amides is 1. The molecule has 2 aliphatic heterocycles. The Kier molecular flexibility index (Phi) is 6.75. The molecule has 2 aromatic heterocycles. The molecule has 5 rings (SSSR count). The monoisotopic (exact) mass is 510 g/mol. The van der Waals surface area contributed by atoms with Crippen molar-refractivity contribution < 1.29 is 9.53 Å². The predicted molar refractivity (Wildman–Crippen MR) is 141 cm³/mol. The molecule has 0 radical (unpaired) electrons. The topological polar surface area (TPSA) is 92.6 Å². The van der Waals surface area contributed by atoms with Crippen molar-refractivity contribution >= 4 is 45.9 Å². The van der Waals surface area contributed by atoms with Gasteiger partial charge in [0.15, 0.2) is 17.7 Å². The maximum atomic E-state index is 12.9. The van der Waals surface area contributed by atoms with Crippen LogP contribution < -0.4 is 20.5 Å². The van der Waals surface area contributed by atoms with Crippen LogP contribution in [0.5, 0.6) is 5.75 Å². The van der Waals surface area contributed by atoms with Gasteiger partial charge in [0.2, 0.25) is 5.95 Å². The molecule has 0 spiro atoms. The van der Waals surface area contributed by atoms with Gasteiger partial charge in [0.05, 0.1) is 11.7 Å². The maximum absolute atomic E-state index is 12.9. The van der Waals surface area contributed by atoms with E-state index in [1.807, 2.05) is 18.2 Å². The maximum Gasteiger partial charge on any atom is 0.293 e. The molecule has 10 heteroatoms. The van der Waals surface area contributed by atoms with Crippen molar-refractivity contribution in [3.63, 3.8) is 0 Å². The molecule has 2 aliphatic rings. The van der Waals surface area contributed by atoms with Gasteiger partial charge in [-0.05, 0) is 43.0 Å². The van der Waals surface area contributed by atoms with Gasteiger partial charge in [0, 0.05) is 51.2 Å². The fourth-order valence-corrected chi connectivity index (χ4v) is 5.08. The number of benzene rings is 1. The number of ether oxygens (including phenoxy) is 1. The van der Waals surface area contributed by atoms with Gasteiger partial charge in [-0.3, -0.25) is 9.59 Å². The van der Waals surface area contributed by atoms with E-state index in [1.54, 1.807) is 31.3 Å². The number of hydrogen-bond donors (Lipinski definition) is 1. The lowest BCUT2D eigenvalue weighted by Gasteiger charge is -2.31. The summed E-state index contributed by atoms with van der Waals surface area (Å²) in [6, 6.07) is 7.35. The second-order valence-corrected chi connectivity index (χ2v) is 10.0. The first-order valence-corrected chi connectivity index (χ1v) is 12.8. The number of nitrogens with zero attached hydrogens (tertiary/aromatic N) is 5. The Morgan fingerprint density at radius 3 is 2.58 bits per heavy atom. The van der Waals surface area contributed by atoms with Crippen LogP contribution in [0.2, 0.25) is 5.02 Å². The third-order valence-corrected chi connectivity index (χ3v) is 7.58. The van der Waals surface area contributed by atoms with Crippen LogP contribution in [0.3, 0.4) is 0 Å². The highest BCUT2D eigenvalue weighted by Gasteiger charge is 2.31. The van der Waals surface area contributed by atoms with E-state index in [0.29, 0.717) is 29.8 Å². The molecular weight excluding hydrogens is 480 g/mol. The fraction of sp³-hybridized carbons (Fsp3) is 0.462. The smallest absolute Gasteiger partial charge is 0.293 e. The molecule has 1 N–H and O–H groups in total. The minimum atomic E-state index is -0.637. The zero-order chi connectivity index (χ0) is 25.4. The fourth-order valence-electron chi connectivity index (χ4n) is 4.94. The number of likely N-dealkylation sites (N-methyl/N-ethyl adjacent to an activating group) is 1. The highest BCUT2D eigenvalue weighted by molar-refractivity contribution is 6.32. The third-order valence-electron chi connectivity index (χ3n) is 7.31. The Labute approximate surface area is 215 Å². The number of hydrogen-bond acceptors (Lipinski definition) is 7. The van der Waals surface area contributed by atoms with E-state index in [4.69, 9.17) is 21.3 Å². The van der Waals surface area contributed by atoms with Gasteiger partial charge < -0.3 is 24.4 Å². The number of piperidine rings is 1. The van der Waals surface area contributed by atoms with Gasteiger partial charge >= 0.3 is 0 Å². The molecule has 1 amide bonds. The van der Waals surface area contributed by atoms with Gasteiger partial charge in [-0.25, -0.2) is 4.98 Å². The summed E-state index contributed by atoms with van der Waals surface area (Å²) in [6.45, 7) is 4.73. The summed E-state index contributed by atoms with van der Waals surface area (Å²) in [5.74, 6) is 2.01. The summed E-state index contributed by atoms with van der Waals surface area (Å²) >= 11 is 6.43. The molecule has 4 heterocycles. The second-order valence-electron chi connectivity index (χ2n) is 9.63. The van der Waals surface area contributed by atoms with Crippen molar-refractivity contribution in [3.8, 4) is 5.75 Å². The van der Waals surface area contributed by atoms with Crippen molar-refractivity contribution in [2.45, 2.75) is 38.7 Å². The van der Waals surface area contributed by atoms with E-state index in [1.165, 1.54) is 11.0 Å². The first kappa shape index (κ1) is 24.4. The van der Waals surface area contributed by atoms with E-state index in [0.717, 1.165) is 48.4 Å². The first-order chi connectivity index (χ1) is 17.3. The van der Waals surface area contributed by atoms with E-state index in [2.05, 4.69) is 22.1 Å². The molecule has 0 bridgehead atoms. The molecule has 36 heavy (non-hydrogen) atoms. The summed E-state index contributed by atoms with van der Waals surface area (Å²) in [6.07, 6.45) is 5.04. The number of carbonyl (C=O) groups excluding carboxylic acids is 1. The highest BCUT2D eigenvalue weighted by atomic mass is 35.5. The Hall–Kier alpha value is -3.33. The van der Waals surface area contributed by atoms with Crippen LogP contribution in [0.15, 0.2) is 35.3 Å². The summed E-state index contributed by atoms with van der Waals surface area (Å²) < 4.78 is 7.40. The number of anilines is 3. The number of likely N-dealkylation sites (tertiary alicyclic amines) is 1. The summed E-state index contributed by atoms with van der Waals surface area (Å²) in [7, 11) is 3.43. The summed E-state index contributed by atoms with van der Waals surface area (Å²) in [5.41, 5.74) is 1.24. The van der Waals surface area contributed by atoms with Crippen molar-refractivity contribution in [2.24, 2.45) is 13.0 Å². The lowest BCUT2D eigenvalue weighted by molar-refractivity contribution is -0.132. The van der Waals surface area contributed by atoms with Crippen LogP contribution in [0.4, 0.5) is 17.5 Å². The molecule has 0 unspecified atom stereocenters. The Balaban J connectivity index is 1.40. The minimum Gasteiger partial charge on any atom is -0.475 e. The van der Waals surface area contributed by atoms with Crippen molar-refractivity contribution in [1.29, 1.82) is 0 Å². The largest absolute Gasteiger partial charge is 0.475 e. The summed E-state index contributed by atoms with van der Waals surface area (Å²) in [5, 5.41) is 4.53. The van der Waals surface area contributed by atoms with Gasteiger partial charge in [0.25, 0.3) is 11.5 Å².